The second-order valence-electron chi connectivity index (χ2n) is 4.29. The van der Waals surface area contributed by atoms with Crippen LogP contribution in [0.25, 0.3) is 5.57 Å². The van der Waals surface area contributed by atoms with Crippen LogP contribution >= 0.6 is 0 Å². The fraction of sp³-hybridized carbons (Fsp3) is 0.400. The Kier molecular flexibility index (Phi) is 3.75. The Morgan fingerprint density at radius 3 is 2.59 bits per heavy atom. The van der Waals surface area contributed by atoms with E-state index in [0.717, 1.165) is 23.1 Å². The van der Waals surface area contributed by atoms with Crippen LogP contribution in [0.5, 0.6) is 0 Å². The molecule has 0 heterocycles. The van der Waals surface area contributed by atoms with Gasteiger partial charge in [-0.25, -0.2) is 0 Å². The number of ether oxygens (including phenoxy) is 1. The van der Waals surface area contributed by atoms with Crippen molar-refractivity contribution in [2.45, 2.75) is 32.8 Å². The SMILES string of the molecule is CCOC(C)C1=C(c2ccccc2)C(=O)CC1. The summed E-state index contributed by atoms with van der Waals surface area (Å²) in [6.07, 6.45) is 1.50. The average molecular weight is 230 g/mol. The molecule has 1 aliphatic carbocycles. The highest BCUT2D eigenvalue weighted by Gasteiger charge is 2.27. The molecule has 1 aromatic carbocycles. The summed E-state index contributed by atoms with van der Waals surface area (Å²) < 4.78 is 5.62. The molecule has 2 heteroatoms. The van der Waals surface area contributed by atoms with Gasteiger partial charge in [-0.05, 0) is 31.4 Å². The minimum absolute atomic E-state index is 0.0432. The van der Waals surface area contributed by atoms with E-state index in [-0.39, 0.29) is 11.9 Å². The molecule has 90 valence electrons. The van der Waals surface area contributed by atoms with Gasteiger partial charge in [-0.3, -0.25) is 4.79 Å². The molecule has 1 unspecified atom stereocenters. The smallest absolute Gasteiger partial charge is 0.163 e. The van der Waals surface area contributed by atoms with Gasteiger partial charge in [0.1, 0.15) is 0 Å². The average Bonchev–Trinajstić information content (AvgIpc) is 2.73. The Labute approximate surface area is 102 Å². The number of rotatable bonds is 4. The summed E-state index contributed by atoms with van der Waals surface area (Å²) in [4.78, 5) is 12.0. The highest BCUT2D eigenvalue weighted by molar-refractivity contribution is 6.23. The molecule has 0 saturated carbocycles. The first-order chi connectivity index (χ1) is 8.24. The van der Waals surface area contributed by atoms with Gasteiger partial charge in [-0.1, -0.05) is 30.3 Å². The third kappa shape index (κ3) is 2.47. The maximum absolute atomic E-state index is 12.0. The highest BCUT2D eigenvalue weighted by atomic mass is 16.5. The summed E-state index contributed by atoms with van der Waals surface area (Å²) in [5.74, 6) is 0.248. The van der Waals surface area contributed by atoms with Crippen LogP contribution in [0.1, 0.15) is 32.3 Å². The van der Waals surface area contributed by atoms with Gasteiger partial charge in [0.05, 0.1) is 6.10 Å². The van der Waals surface area contributed by atoms with Crippen molar-refractivity contribution < 1.29 is 9.53 Å². The van der Waals surface area contributed by atoms with Crippen LogP contribution in [-0.2, 0) is 9.53 Å². The minimum atomic E-state index is 0.0432. The molecule has 0 spiro atoms. The summed E-state index contributed by atoms with van der Waals surface area (Å²) in [5.41, 5.74) is 3.06. The summed E-state index contributed by atoms with van der Waals surface area (Å²) >= 11 is 0. The van der Waals surface area contributed by atoms with Gasteiger partial charge in [0.25, 0.3) is 0 Å². The zero-order chi connectivity index (χ0) is 12.3. The van der Waals surface area contributed by atoms with Crippen molar-refractivity contribution in [2.75, 3.05) is 6.61 Å². The lowest BCUT2D eigenvalue weighted by Crippen LogP contribution is -2.11. The van der Waals surface area contributed by atoms with Crippen LogP contribution in [0.2, 0.25) is 0 Å². The Morgan fingerprint density at radius 1 is 1.24 bits per heavy atom. The number of allylic oxidation sites excluding steroid dienone is 1. The van der Waals surface area contributed by atoms with Gasteiger partial charge in [-0.2, -0.15) is 0 Å². The predicted molar refractivity (Wildman–Crippen MR) is 68.7 cm³/mol. The molecule has 0 aromatic heterocycles. The van der Waals surface area contributed by atoms with Gasteiger partial charge in [0, 0.05) is 18.6 Å². The van der Waals surface area contributed by atoms with Crippen molar-refractivity contribution in [1.29, 1.82) is 0 Å². The van der Waals surface area contributed by atoms with Crippen LogP contribution < -0.4 is 0 Å². The van der Waals surface area contributed by atoms with Gasteiger partial charge in [-0.15, -0.1) is 0 Å². The summed E-state index contributed by atoms with van der Waals surface area (Å²) in [6.45, 7) is 4.69. The van der Waals surface area contributed by atoms with Crippen LogP contribution in [0.15, 0.2) is 35.9 Å². The maximum atomic E-state index is 12.0. The van der Waals surface area contributed by atoms with Gasteiger partial charge in [0.2, 0.25) is 0 Å². The topological polar surface area (TPSA) is 26.3 Å². The number of benzene rings is 1. The molecule has 1 aliphatic rings. The highest BCUT2D eigenvalue weighted by Crippen LogP contribution is 2.33. The quantitative estimate of drug-likeness (QED) is 0.793. The maximum Gasteiger partial charge on any atom is 0.163 e. The number of hydrogen-bond donors (Lipinski definition) is 0. The van der Waals surface area contributed by atoms with E-state index in [1.807, 2.05) is 44.2 Å². The van der Waals surface area contributed by atoms with E-state index in [0.29, 0.717) is 13.0 Å². The Morgan fingerprint density at radius 2 is 1.94 bits per heavy atom. The Bertz CT molecular complexity index is 431. The Hall–Kier alpha value is -1.41. The van der Waals surface area contributed by atoms with E-state index in [1.165, 1.54) is 0 Å². The van der Waals surface area contributed by atoms with Crippen LogP contribution in [0, 0.1) is 0 Å². The molecular weight excluding hydrogens is 212 g/mol. The fourth-order valence-electron chi connectivity index (χ4n) is 2.39. The summed E-state index contributed by atoms with van der Waals surface area (Å²) in [7, 11) is 0. The Balaban J connectivity index is 2.38. The van der Waals surface area contributed by atoms with Crippen LogP contribution in [0.3, 0.4) is 0 Å². The number of Topliss-reactive ketones (excluding diaryl/α,β-unsaturated/α-hetero) is 1. The first-order valence-electron chi connectivity index (χ1n) is 6.17. The molecule has 0 amide bonds. The van der Waals surface area contributed by atoms with Crippen molar-refractivity contribution in [1.82, 2.24) is 0 Å². The van der Waals surface area contributed by atoms with Crippen LogP contribution in [-0.4, -0.2) is 18.5 Å². The predicted octanol–water partition coefficient (Wildman–Crippen LogP) is 3.23. The van der Waals surface area contributed by atoms with E-state index in [4.69, 9.17) is 4.74 Å². The monoisotopic (exact) mass is 230 g/mol. The lowest BCUT2D eigenvalue weighted by molar-refractivity contribution is -0.113. The van der Waals surface area contributed by atoms with E-state index in [1.54, 1.807) is 0 Å². The number of carbonyl (C=O) groups excluding carboxylic acids is 1. The van der Waals surface area contributed by atoms with E-state index in [9.17, 15) is 4.79 Å². The van der Waals surface area contributed by atoms with Crippen LogP contribution in [0.4, 0.5) is 0 Å². The number of ketones is 1. The second-order valence-corrected chi connectivity index (χ2v) is 4.29. The third-order valence-corrected chi connectivity index (χ3v) is 3.19. The van der Waals surface area contributed by atoms with E-state index in [2.05, 4.69) is 0 Å². The first kappa shape index (κ1) is 12.1. The van der Waals surface area contributed by atoms with E-state index >= 15 is 0 Å². The third-order valence-electron chi connectivity index (χ3n) is 3.19. The first-order valence-corrected chi connectivity index (χ1v) is 6.17. The lowest BCUT2D eigenvalue weighted by atomic mass is 9.99. The largest absolute Gasteiger partial charge is 0.374 e. The normalized spacial score (nSPS) is 17.6. The molecule has 0 N–H and O–H groups in total. The molecule has 0 aliphatic heterocycles. The number of carbonyl (C=O) groups is 1. The molecule has 0 radical (unpaired) electrons. The molecule has 0 saturated heterocycles. The van der Waals surface area contributed by atoms with Crippen molar-refractivity contribution >= 4 is 11.4 Å². The summed E-state index contributed by atoms with van der Waals surface area (Å²) in [6, 6.07) is 9.90. The molecule has 2 rings (SSSR count). The van der Waals surface area contributed by atoms with Crippen molar-refractivity contribution in [3.8, 4) is 0 Å². The molecule has 1 aromatic rings. The molecule has 0 bridgehead atoms. The molecule has 2 nitrogen and oxygen atoms in total. The summed E-state index contributed by atoms with van der Waals surface area (Å²) in [5, 5.41) is 0. The van der Waals surface area contributed by atoms with Crippen molar-refractivity contribution in [2.24, 2.45) is 0 Å². The molecule has 0 fully saturated rings. The minimum Gasteiger partial charge on any atom is -0.374 e. The van der Waals surface area contributed by atoms with Crippen molar-refractivity contribution in [3.05, 3.63) is 41.5 Å². The standard InChI is InChI=1S/C15H18O2/c1-3-17-11(2)13-9-10-14(16)15(13)12-7-5-4-6-8-12/h4-8,11H,3,9-10H2,1-2H3. The fourth-order valence-corrected chi connectivity index (χ4v) is 2.39. The van der Waals surface area contributed by atoms with Crippen molar-refractivity contribution in [3.63, 3.8) is 0 Å². The number of hydrogen-bond acceptors (Lipinski definition) is 2. The van der Waals surface area contributed by atoms with Gasteiger partial charge in [0.15, 0.2) is 5.78 Å². The zero-order valence-corrected chi connectivity index (χ0v) is 10.4. The molecule has 1 atom stereocenters. The van der Waals surface area contributed by atoms with E-state index < -0.39 is 0 Å². The molecular formula is C15H18O2. The van der Waals surface area contributed by atoms with Gasteiger partial charge < -0.3 is 4.74 Å². The lowest BCUT2D eigenvalue weighted by Gasteiger charge is -2.15. The second kappa shape index (κ2) is 5.28. The van der Waals surface area contributed by atoms with Gasteiger partial charge >= 0.3 is 0 Å². The molecule has 17 heavy (non-hydrogen) atoms. The zero-order valence-electron chi connectivity index (χ0n) is 10.4.